The Morgan fingerprint density at radius 2 is 0.935 bits per heavy atom. The van der Waals surface area contributed by atoms with Gasteiger partial charge in [0.1, 0.15) is 11.5 Å². The molecule has 0 saturated heterocycles. The number of hydrogen-bond acceptors (Lipinski definition) is 4. The average Bonchev–Trinajstić information content (AvgIpc) is 2.81. The summed E-state index contributed by atoms with van der Waals surface area (Å²) in [7, 11) is 0. The molecule has 4 aromatic carbocycles. The smallest absolute Gasteiger partial charge is 0.292 e. The van der Waals surface area contributed by atoms with Crippen molar-refractivity contribution in [2.45, 2.75) is 7.43 Å². The van der Waals surface area contributed by atoms with E-state index in [0.29, 0.717) is 11.5 Å². The van der Waals surface area contributed by atoms with Gasteiger partial charge < -0.3 is 9.47 Å². The fourth-order valence-corrected chi connectivity index (χ4v) is 3.46. The molecule has 0 aromatic heterocycles. The number of nitriles is 2. The van der Waals surface area contributed by atoms with Crippen molar-refractivity contribution in [2.75, 3.05) is 0 Å². The van der Waals surface area contributed by atoms with Crippen LogP contribution in [0.15, 0.2) is 97.1 Å². The van der Waals surface area contributed by atoms with E-state index in [1.54, 1.807) is 36.8 Å². The second kappa shape index (κ2) is 9.78. The first-order valence-electron chi connectivity index (χ1n) is 9.31. The monoisotopic (exact) mass is 404 g/mol. The molecule has 0 N–H and O–H groups in total. The highest BCUT2D eigenvalue weighted by Crippen LogP contribution is 2.40. The molecule has 0 radical (unpaired) electrons. The van der Waals surface area contributed by atoms with Crippen LogP contribution in [0.1, 0.15) is 7.43 Å². The van der Waals surface area contributed by atoms with Crippen molar-refractivity contribution in [1.82, 2.24) is 0 Å². The third-order valence-corrected chi connectivity index (χ3v) is 4.78. The largest absolute Gasteiger partial charge is 0.388 e. The summed E-state index contributed by atoms with van der Waals surface area (Å²) in [6, 6.07) is 31.3. The first-order chi connectivity index (χ1) is 14.8. The van der Waals surface area contributed by atoms with Gasteiger partial charge in [0, 0.05) is 0 Å². The lowest BCUT2D eigenvalue weighted by Crippen LogP contribution is -1.91. The van der Waals surface area contributed by atoms with Crippen LogP contribution >= 0.6 is 0 Å². The molecule has 31 heavy (non-hydrogen) atoms. The Hall–Kier alpha value is -4.54. The molecule has 0 fully saturated rings. The van der Waals surface area contributed by atoms with Crippen LogP contribution in [0.3, 0.4) is 0 Å². The van der Waals surface area contributed by atoms with Gasteiger partial charge in [-0.3, -0.25) is 0 Å². The summed E-state index contributed by atoms with van der Waals surface area (Å²) >= 11 is 0. The van der Waals surface area contributed by atoms with Crippen molar-refractivity contribution in [3.05, 3.63) is 97.1 Å². The zero-order valence-electron chi connectivity index (χ0n) is 15.9. The van der Waals surface area contributed by atoms with Gasteiger partial charge in [-0.2, -0.15) is 0 Å². The van der Waals surface area contributed by atoms with E-state index in [0.717, 1.165) is 33.4 Å². The van der Waals surface area contributed by atoms with Crippen molar-refractivity contribution in [3.8, 4) is 57.4 Å². The molecule has 4 nitrogen and oxygen atoms in total. The normalized spacial score (nSPS) is 9.61. The minimum atomic E-state index is 0. The molecule has 4 rings (SSSR count). The molecule has 0 atom stereocenters. The minimum Gasteiger partial charge on any atom is -0.388 e. The highest BCUT2D eigenvalue weighted by molar-refractivity contribution is 5.94. The van der Waals surface area contributed by atoms with E-state index in [1.807, 2.05) is 48.5 Å². The molecule has 0 aliphatic carbocycles. The van der Waals surface area contributed by atoms with Crippen LogP contribution in [-0.2, 0) is 0 Å². The lowest BCUT2D eigenvalue weighted by molar-refractivity contribution is 0.507. The van der Waals surface area contributed by atoms with Crippen LogP contribution in [0, 0.1) is 23.0 Å². The van der Waals surface area contributed by atoms with Gasteiger partial charge in [-0.1, -0.05) is 80.2 Å². The number of hydrogen-bond donors (Lipinski definition) is 0. The number of rotatable bonds is 5. The maximum atomic E-state index is 8.75. The molecular formula is C27H20N2O2. The van der Waals surface area contributed by atoms with E-state index in [4.69, 9.17) is 20.0 Å². The molecule has 0 heterocycles. The summed E-state index contributed by atoms with van der Waals surface area (Å²) in [5, 5.41) is 17.5. The minimum absolute atomic E-state index is 0. The summed E-state index contributed by atoms with van der Waals surface area (Å²) in [4.78, 5) is 0. The highest BCUT2D eigenvalue weighted by atomic mass is 16.5. The Kier molecular flexibility index (Phi) is 6.68. The Labute approximate surface area is 182 Å². The van der Waals surface area contributed by atoms with Crippen LogP contribution in [0.25, 0.3) is 33.4 Å². The van der Waals surface area contributed by atoms with Gasteiger partial charge in [-0.15, -0.1) is 10.5 Å². The second-order valence-corrected chi connectivity index (χ2v) is 6.53. The van der Waals surface area contributed by atoms with Crippen LogP contribution in [0.5, 0.6) is 11.5 Å². The molecule has 150 valence electrons. The van der Waals surface area contributed by atoms with Gasteiger partial charge in [-0.05, 0) is 57.6 Å². The average molecular weight is 404 g/mol. The summed E-state index contributed by atoms with van der Waals surface area (Å²) in [6.07, 6.45) is 3.39. The van der Waals surface area contributed by atoms with Crippen molar-refractivity contribution >= 4 is 0 Å². The number of nitrogens with zero attached hydrogens (tertiary/aromatic N) is 2. The predicted molar refractivity (Wildman–Crippen MR) is 122 cm³/mol. The molecule has 0 saturated carbocycles. The SMILES string of the molecule is C.N#COc1ccc(-c2cccc(-c3ccccc3)c2-c2ccc(OC#N)cc2)cc1. The van der Waals surface area contributed by atoms with Crippen molar-refractivity contribution in [1.29, 1.82) is 10.5 Å². The summed E-state index contributed by atoms with van der Waals surface area (Å²) in [5.41, 5.74) is 6.34. The van der Waals surface area contributed by atoms with E-state index in [9.17, 15) is 0 Å². The number of ether oxygens (including phenoxy) is 2. The van der Waals surface area contributed by atoms with Crippen LogP contribution < -0.4 is 9.47 Å². The van der Waals surface area contributed by atoms with Gasteiger partial charge in [-0.25, -0.2) is 0 Å². The van der Waals surface area contributed by atoms with Crippen molar-refractivity contribution < 1.29 is 9.47 Å². The molecule has 0 unspecified atom stereocenters. The molecule has 0 spiro atoms. The molecule has 0 amide bonds. The molecule has 4 aromatic rings. The summed E-state index contributed by atoms with van der Waals surface area (Å²) in [6.45, 7) is 0. The van der Waals surface area contributed by atoms with E-state index >= 15 is 0 Å². The Bertz CT molecular complexity index is 1230. The van der Waals surface area contributed by atoms with Gasteiger partial charge in [0.2, 0.25) is 0 Å². The van der Waals surface area contributed by atoms with Crippen LogP contribution in [-0.4, -0.2) is 0 Å². The fourth-order valence-electron chi connectivity index (χ4n) is 3.46. The van der Waals surface area contributed by atoms with Crippen molar-refractivity contribution in [3.63, 3.8) is 0 Å². The number of benzene rings is 4. The predicted octanol–water partition coefficient (Wildman–Crippen LogP) is 7.04. The topological polar surface area (TPSA) is 66.0 Å². The van der Waals surface area contributed by atoms with Gasteiger partial charge >= 0.3 is 0 Å². The molecule has 0 aliphatic heterocycles. The summed E-state index contributed by atoms with van der Waals surface area (Å²) in [5.74, 6) is 0.998. The second-order valence-electron chi connectivity index (χ2n) is 6.53. The maximum absolute atomic E-state index is 8.75. The lowest BCUT2D eigenvalue weighted by Gasteiger charge is -2.16. The zero-order valence-corrected chi connectivity index (χ0v) is 15.9. The standard InChI is InChI=1S/C26H16N2O2.CH4/c27-17-29-22-13-9-20(10-14-22)25-8-4-7-24(19-5-2-1-3-6-19)26(25)21-11-15-23(16-12-21)30-18-28;/h1-16H;1H4. The highest BCUT2D eigenvalue weighted by Gasteiger charge is 2.14. The van der Waals surface area contributed by atoms with Gasteiger partial charge in [0.15, 0.2) is 0 Å². The van der Waals surface area contributed by atoms with Crippen LogP contribution in [0.4, 0.5) is 0 Å². The first-order valence-corrected chi connectivity index (χ1v) is 9.31. The quantitative estimate of drug-likeness (QED) is 0.334. The van der Waals surface area contributed by atoms with E-state index in [-0.39, 0.29) is 7.43 Å². The molecular weight excluding hydrogens is 384 g/mol. The van der Waals surface area contributed by atoms with E-state index < -0.39 is 0 Å². The van der Waals surface area contributed by atoms with Gasteiger partial charge in [0.05, 0.1) is 0 Å². The Morgan fingerprint density at radius 1 is 0.484 bits per heavy atom. The van der Waals surface area contributed by atoms with E-state index in [2.05, 4.69) is 24.3 Å². The Morgan fingerprint density at radius 3 is 1.42 bits per heavy atom. The maximum Gasteiger partial charge on any atom is 0.292 e. The molecule has 0 bridgehead atoms. The van der Waals surface area contributed by atoms with Crippen molar-refractivity contribution in [2.24, 2.45) is 0 Å². The van der Waals surface area contributed by atoms with E-state index in [1.165, 1.54) is 0 Å². The van der Waals surface area contributed by atoms with Gasteiger partial charge in [0.25, 0.3) is 12.5 Å². The lowest BCUT2D eigenvalue weighted by atomic mass is 9.87. The first kappa shape index (κ1) is 21.2. The Balaban J connectivity index is 0.00000272. The summed E-state index contributed by atoms with van der Waals surface area (Å²) < 4.78 is 9.83. The third kappa shape index (κ3) is 4.56. The zero-order chi connectivity index (χ0) is 20.8. The fraction of sp³-hybridized carbons (Fsp3) is 0.0370. The third-order valence-electron chi connectivity index (χ3n) is 4.78. The molecule has 4 heteroatoms. The van der Waals surface area contributed by atoms with Crippen LogP contribution in [0.2, 0.25) is 0 Å². The molecule has 0 aliphatic rings.